The Bertz CT molecular complexity index is 537. The molecule has 1 aliphatic heterocycles. The number of aromatic nitrogens is 1. The van der Waals surface area contributed by atoms with Crippen molar-refractivity contribution in [3.05, 3.63) is 22.9 Å². The van der Waals surface area contributed by atoms with Crippen molar-refractivity contribution in [2.75, 3.05) is 6.61 Å². The molecular formula is C14H17BrN2O3. The summed E-state index contributed by atoms with van der Waals surface area (Å²) >= 11 is 3.33. The third kappa shape index (κ3) is 4.30. The highest BCUT2D eigenvalue weighted by Gasteiger charge is 2.30. The van der Waals surface area contributed by atoms with Gasteiger partial charge in [0, 0.05) is 17.1 Å². The van der Waals surface area contributed by atoms with Crippen LogP contribution in [0.3, 0.4) is 0 Å². The Hall–Kier alpha value is -1.43. The van der Waals surface area contributed by atoms with Crippen LogP contribution in [0, 0.1) is 0 Å². The van der Waals surface area contributed by atoms with Crippen LogP contribution in [0.5, 0.6) is 5.75 Å². The fourth-order valence-corrected chi connectivity index (χ4v) is 2.01. The monoisotopic (exact) mass is 340 g/mol. The van der Waals surface area contributed by atoms with E-state index < -0.39 is 5.60 Å². The first-order valence-electron chi connectivity index (χ1n) is 6.37. The third-order valence-electron chi connectivity index (χ3n) is 2.52. The smallest absolute Gasteiger partial charge is 0.352 e. The molecule has 6 heteroatoms. The summed E-state index contributed by atoms with van der Waals surface area (Å²) in [6, 6.07) is 1.85. The maximum absolute atomic E-state index is 11.7. The molecule has 0 spiro atoms. The molecule has 20 heavy (non-hydrogen) atoms. The SMILES string of the molecule is CC(C)(C)OC(=O)C1=N[C@H](COc2cncc(Br)c2)C1. The van der Waals surface area contributed by atoms with E-state index in [9.17, 15) is 4.79 Å². The molecule has 1 aromatic heterocycles. The number of ether oxygens (including phenoxy) is 2. The Kier molecular flexibility index (Phi) is 4.42. The van der Waals surface area contributed by atoms with Gasteiger partial charge in [0.15, 0.2) is 0 Å². The minimum absolute atomic E-state index is 0.0106. The van der Waals surface area contributed by atoms with Gasteiger partial charge in [0.1, 0.15) is 23.7 Å². The second-order valence-electron chi connectivity index (χ2n) is 5.59. The molecule has 0 aliphatic carbocycles. The standard InChI is InChI=1S/C14H17BrN2O3/c1-14(2,3)20-13(18)12-5-10(17-12)8-19-11-4-9(15)6-16-7-11/h4,6-7,10H,5,8H2,1-3H3/t10-/m0/s1. The number of carbonyl (C=O) groups is 1. The highest BCUT2D eigenvalue weighted by molar-refractivity contribution is 9.10. The number of halogens is 1. The van der Waals surface area contributed by atoms with Gasteiger partial charge in [-0.2, -0.15) is 0 Å². The Morgan fingerprint density at radius 2 is 2.15 bits per heavy atom. The number of hydrogen-bond donors (Lipinski definition) is 0. The van der Waals surface area contributed by atoms with E-state index in [1.165, 1.54) is 0 Å². The molecule has 0 N–H and O–H groups in total. The van der Waals surface area contributed by atoms with E-state index >= 15 is 0 Å². The number of aliphatic imine (C=N–C) groups is 1. The number of hydrogen-bond acceptors (Lipinski definition) is 5. The second-order valence-corrected chi connectivity index (χ2v) is 6.50. The van der Waals surface area contributed by atoms with Crippen LogP contribution in [0.15, 0.2) is 27.9 Å². The van der Waals surface area contributed by atoms with E-state index in [2.05, 4.69) is 25.9 Å². The summed E-state index contributed by atoms with van der Waals surface area (Å²) in [5.41, 5.74) is 0.00398. The van der Waals surface area contributed by atoms with Crippen LogP contribution in [0.1, 0.15) is 27.2 Å². The van der Waals surface area contributed by atoms with Crippen molar-refractivity contribution in [3.63, 3.8) is 0 Å². The van der Waals surface area contributed by atoms with Gasteiger partial charge < -0.3 is 9.47 Å². The molecule has 0 amide bonds. The second kappa shape index (κ2) is 5.91. The van der Waals surface area contributed by atoms with Crippen LogP contribution in [0.4, 0.5) is 0 Å². The van der Waals surface area contributed by atoms with Crippen molar-refractivity contribution in [1.82, 2.24) is 4.98 Å². The molecule has 1 aromatic rings. The zero-order chi connectivity index (χ0) is 14.8. The van der Waals surface area contributed by atoms with Crippen molar-refractivity contribution in [3.8, 4) is 5.75 Å². The van der Waals surface area contributed by atoms with Gasteiger partial charge in [-0.05, 0) is 42.8 Å². The highest BCUT2D eigenvalue weighted by atomic mass is 79.9. The van der Waals surface area contributed by atoms with Gasteiger partial charge in [0.05, 0.1) is 12.2 Å². The van der Waals surface area contributed by atoms with Gasteiger partial charge in [-0.3, -0.25) is 9.98 Å². The van der Waals surface area contributed by atoms with E-state index in [0.717, 1.165) is 4.47 Å². The molecule has 5 nitrogen and oxygen atoms in total. The lowest BCUT2D eigenvalue weighted by Crippen LogP contribution is -2.38. The molecule has 0 bridgehead atoms. The van der Waals surface area contributed by atoms with Crippen molar-refractivity contribution < 1.29 is 14.3 Å². The summed E-state index contributed by atoms with van der Waals surface area (Å²) in [5, 5.41) is 0. The molecular weight excluding hydrogens is 324 g/mol. The molecule has 0 saturated heterocycles. The Balaban J connectivity index is 1.80. The van der Waals surface area contributed by atoms with Crippen molar-refractivity contribution in [2.24, 2.45) is 4.99 Å². The Morgan fingerprint density at radius 3 is 2.75 bits per heavy atom. The maximum Gasteiger partial charge on any atom is 0.352 e. The first-order chi connectivity index (χ1) is 9.33. The fraction of sp³-hybridized carbons (Fsp3) is 0.500. The molecule has 108 valence electrons. The van der Waals surface area contributed by atoms with Crippen LogP contribution in [0.2, 0.25) is 0 Å². The molecule has 0 fully saturated rings. The van der Waals surface area contributed by atoms with Crippen LogP contribution >= 0.6 is 15.9 Å². The molecule has 2 rings (SSSR count). The summed E-state index contributed by atoms with van der Waals surface area (Å²) < 4.78 is 11.7. The average molecular weight is 341 g/mol. The quantitative estimate of drug-likeness (QED) is 0.790. The van der Waals surface area contributed by atoms with E-state index in [0.29, 0.717) is 24.5 Å². The number of pyridine rings is 1. The topological polar surface area (TPSA) is 60.8 Å². The largest absolute Gasteiger partial charge is 0.490 e. The molecule has 0 saturated carbocycles. The van der Waals surface area contributed by atoms with Gasteiger partial charge in [-0.1, -0.05) is 0 Å². The molecule has 1 aliphatic rings. The minimum Gasteiger partial charge on any atom is -0.490 e. The highest BCUT2D eigenvalue weighted by Crippen LogP contribution is 2.20. The Labute approximate surface area is 126 Å². The van der Waals surface area contributed by atoms with E-state index in [-0.39, 0.29) is 12.0 Å². The summed E-state index contributed by atoms with van der Waals surface area (Å²) in [6.07, 6.45) is 3.92. The lowest BCUT2D eigenvalue weighted by atomic mass is 10.0. The van der Waals surface area contributed by atoms with Crippen LogP contribution < -0.4 is 4.74 Å². The predicted molar refractivity (Wildman–Crippen MR) is 79.1 cm³/mol. The summed E-state index contributed by atoms with van der Waals surface area (Å²) in [5.74, 6) is 0.346. The fourth-order valence-electron chi connectivity index (χ4n) is 1.66. The number of rotatable bonds is 4. The summed E-state index contributed by atoms with van der Waals surface area (Å²) in [7, 11) is 0. The minimum atomic E-state index is -0.483. The predicted octanol–water partition coefficient (Wildman–Crippen LogP) is 2.78. The third-order valence-corrected chi connectivity index (χ3v) is 2.96. The van der Waals surface area contributed by atoms with Crippen LogP contribution in [-0.4, -0.2) is 34.9 Å². The van der Waals surface area contributed by atoms with Crippen molar-refractivity contribution in [1.29, 1.82) is 0 Å². The molecule has 0 radical (unpaired) electrons. The zero-order valence-corrected chi connectivity index (χ0v) is 13.3. The summed E-state index contributed by atoms with van der Waals surface area (Å²) in [6.45, 7) is 5.95. The van der Waals surface area contributed by atoms with Crippen molar-refractivity contribution in [2.45, 2.75) is 38.8 Å². The van der Waals surface area contributed by atoms with Gasteiger partial charge >= 0.3 is 5.97 Å². The number of carbonyl (C=O) groups excluding carboxylic acids is 1. The van der Waals surface area contributed by atoms with E-state index in [1.807, 2.05) is 26.8 Å². The molecule has 0 unspecified atom stereocenters. The van der Waals surface area contributed by atoms with Crippen LogP contribution in [0.25, 0.3) is 0 Å². The molecule has 2 heterocycles. The van der Waals surface area contributed by atoms with E-state index in [4.69, 9.17) is 9.47 Å². The number of esters is 1. The average Bonchev–Trinajstić information content (AvgIpc) is 2.24. The Morgan fingerprint density at radius 1 is 1.45 bits per heavy atom. The molecule has 0 aromatic carbocycles. The normalized spacial score (nSPS) is 18.0. The van der Waals surface area contributed by atoms with Gasteiger partial charge in [0.2, 0.25) is 0 Å². The summed E-state index contributed by atoms with van der Waals surface area (Å²) in [4.78, 5) is 19.9. The maximum atomic E-state index is 11.7. The van der Waals surface area contributed by atoms with Gasteiger partial charge in [-0.15, -0.1) is 0 Å². The first-order valence-corrected chi connectivity index (χ1v) is 7.16. The van der Waals surface area contributed by atoms with Crippen molar-refractivity contribution >= 4 is 27.6 Å². The van der Waals surface area contributed by atoms with E-state index in [1.54, 1.807) is 12.4 Å². The zero-order valence-electron chi connectivity index (χ0n) is 11.7. The lowest BCUT2D eigenvalue weighted by molar-refractivity contribution is -0.146. The lowest BCUT2D eigenvalue weighted by Gasteiger charge is -2.26. The molecule has 1 atom stereocenters. The number of nitrogens with zero attached hydrogens (tertiary/aromatic N) is 2. The van der Waals surface area contributed by atoms with Gasteiger partial charge in [-0.25, -0.2) is 4.79 Å². The van der Waals surface area contributed by atoms with Gasteiger partial charge in [0.25, 0.3) is 0 Å². The van der Waals surface area contributed by atoms with Crippen LogP contribution in [-0.2, 0) is 9.53 Å². The first kappa shape index (κ1) is 15.0.